The third-order valence-corrected chi connectivity index (χ3v) is 7.19. The van der Waals surface area contributed by atoms with Crippen LogP contribution >= 0.6 is 0 Å². The highest BCUT2D eigenvalue weighted by Gasteiger charge is 2.32. The van der Waals surface area contributed by atoms with E-state index < -0.39 is 17.7 Å². The molecule has 220 valence electrons. The standard InChI is InChI=1S/C29H31F2N7O4/c1-4-29(40)35-22-14-23(26(41-3)15-25(22)37-10-8-36(9-11-37)18(2)39)34-27-16-28(33-17-32-27)38-24(7-12-42-38)20-13-19(30)5-6-21(20)31/h4-6,13-17,24H,1,7-12H2,2-3H3,(H,35,40)(H,32,33,34). The van der Waals surface area contributed by atoms with Crippen LogP contribution in [0.4, 0.5) is 37.5 Å². The fourth-order valence-corrected chi connectivity index (χ4v) is 5.06. The molecule has 3 heterocycles. The minimum absolute atomic E-state index is 0.0166. The molecule has 1 aromatic heterocycles. The number of rotatable bonds is 8. The van der Waals surface area contributed by atoms with E-state index in [1.54, 1.807) is 30.0 Å². The maximum atomic E-state index is 14.6. The molecule has 13 heteroatoms. The number of aromatic nitrogens is 2. The number of ether oxygens (including phenoxy) is 1. The van der Waals surface area contributed by atoms with Gasteiger partial charge in [-0.3, -0.25) is 14.4 Å². The number of carbonyl (C=O) groups is 2. The van der Waals surface area contributed by atoms with Gasteiger partial charge in [0.05, 0.1) is 36.8 Å². The van der Waals surface area contributed by atoms with E-state index in [4.69, 9.17) is 9.57 Å². The minimum atomic E-state index is -0.582. The molecule has 3 aromatic rings. The van der Waals surface area contributed by atoms with Crippen molar-refractivity contribution in [2.75, 3.05) is 60.5 Å². The number of anilines is 5. The Labute approximate surface area is 241 Å². The van der Waals surface area contributed by atoms with E-state index in [-0.39, 0.29) is 17.4 Å². The van der Waals surface area contributed by atoms with Crippen molar-refractivity contribution >= 4 is 40.5 Å². The number of nitrogens with zero attached hydrogens (tertiary/aromatic N) is 5. The van der Waals surface area contributed by atoms with Gasteiger partial charge in [-0.05, 0) is 30.3 Å². The van der Waals surface area contributed by atoms with Gasteiger partial charge in [-0.2, -0.15) is 0 Å². The lowest BCUT2D eigenvalue weighted by Gasteiger charge is -2.36. The number of hydrogen-bond donors (Lipinski definition) is 2. The van der Waals surface area contributed by atoms with Crippen molar-refractivity contribution in [3.05, 3.63) is 72.6 Å². The van der Waals surface area contributed by atoms with Crippen LogP contribution in [0, 0.1) is 11.6 Å². The molecule has 42 heavy (non-hydrogen) atoms. The number of nitrogens with one attached hydrogen (secondary N) is 2. The first kappa shape index (κ1) is 28.7. The predicted molar refractivity (Wildman–Crippen MR) is 154 cm³/mol. The lowest BCUT2D eigenvalue weighted by atomic mass is 10.0. The highest BCUT2D eigenvalue weighted by molar-refractivity contribution is 6.02. The molecule has 1 atom stereocenters. The topological polar surface area (TPSA) is 112 Å². The highest BCUT2D eigenvalue weighted by atomic mass is 19.1. The molecule has 2 saturated heterocycles. The van der Waals surface area contributed by atoms with E-state index in [9.17, 15) is 18.4 Å². The Morgan fingerprint density at radius 1 is 1.10 bits per heavy atom. The minimum Gasteiger partial charge on any atom is -0.494 e. The van der Waals surface area contributed by atoms with Gasteiger partial charge in [0.2, 0.25) is 11.8 Å². The van der Waals surface area contributed by atoms with Crippen molar-refractivity contribution < 1.29 is 27.9 Å². The second kappa shape index (κ2) is 12.4. The molecule has 2 amide bonds. The molecular formula is C29H31F2N7O4. The van der Waals surface area contributed by atoms with E-state index in [1.165, 1.54) is 24.6 Å². The number of hydrogen-bond acceptors (Lipinski definition) is 9. The lowest BCUT2D eigenvalue weighted by Crippen LogP contribution is -2.48. The molecule has 2 N–H and O–H groups in total. The normalized spacial score (nSPS) is 16.8. The molecule has 0 bridgehead atoms. The predicted octanol–water partition coefficient (Wildman–Crippen LogP) is 4.18. The molecule has 0 radical (unpaired) electrons. The number of halogens is 2. The van der Waals surface area contributed by atoms with Gasteiger partial charge in [0.25, 0.3) is 0 Å². The summed E-state index contributed by atoms with van der Waals surface area (Å²) in [5.74, 6) is -0.254. The van der Waals surface area contributed by atoms with E-state index in [0.717, 1.165) is 23.9 Å². The van der Waals surface area contributed by atoms with Gasteiger partial charge in [-0.1, -0.05) is 6.58 Å². The SMILES string of the molecule is C=CC(=O)Nc1cc(Nc2cc(N3OCCC3c3cc(F)ccc3F)ncn2)c(OC)cc1N1CCN(C(C)=O)CC1. The van der Waals surface area contributed by atoms with E-state index >= 15 is 0 Å². The summed E-state index contributed by atoms with van der Waals surface area (Å²) in [6.07, 6.45) is 2.95. The van der Waals surface area contributed by atoms with Crippen LogP contribution in [0.25, 0.3) is 0 Å². The Morgan fingerprint density at radius 2 is 1.88 bits per heavy atom. The summed E-state index contributed by atoms with van der Waals surface area (Å²) in [6, 6.07) is 7.89. The van der Waals surface area contributed by atoms with E-state index in [0.29, 0.717) is 68.0 Å². The van der Waals surface area contributed by atoms with Crippen LogP contribution in [0.3, 0.4) is 0 Å². The highest BCUT2D eigenvalue weighted by Crippen LogP contribution is 2.40. The summed E-state index contributed by atoms with van der Waals surface area (Å²) in [5, 5.41) is 7.51. The maximum Gasteiger partial charge on any atom is 0.247 e. The van der Waals surface area contributed by atoms with Gasteiger partial charge in [0.15, 0.2) is 5.82 Å². The number of hydroxylamine groups is 1. The summed E-state index contributed by atoms with van der Waals surface area (Å²) in [5.41, 5.74) is 1.91. The molecule has 0 saturated carbocycles. The second-order valence-electron chi connectivity index (χ2n) is 9.77. The average molecular weight is 580 g/mol. The van der Waals surface area contributed by atoms with Gasteiger partial charge in [-0.15, -0.1) is 0 Å². The fraction of sp³-hybridized carbons (Fsp3) is 0.310. The maximum absolute atomic E-state index is 14.6. The van der Waals surface area contributed by atoms with Crippen LogP contribution in [0.1, 0.15) is 24.9 Å². The summed E-state index contributed by atoms with van der Waals surface area (Å²) >= 11 is 0. The van der Waals surface area contributed by atoms with Crippen LogP contribution in [0.2, 0.25) is 0 Å². The van der Waals surface area contributed by atoms with Crippen LogP contribution < -0.4 is 25.3 Å². The molecule has 2 aromatic carbocycles. The Bertz CT molecular complexity index is 1500. The Kier molecular flexibility index (Phi) is 8.48. The number of piperazine rings is 1. The zero-order chi connectivity index (χ0) is 29.8. The van der Waals surface area contributed by atoms with Crippen molar-refractivity contribution in [1.82, 2.24) is 14.9 Å². The summed E-state index contributed by atoms with van der Waals surface area (Å²) in [7, 11) is 1.53. The van der Waals surface area contributed by atoms with Crippen molar-refractivity contribution in [2.24, 2.45) is 0 Å². The Hall–Kier alpha value is -4.78. The van der Waals surface area contributed by atoms with Gasteiger partial charge < -0.3 is 25.2 Å². The average Bonchev–Trinajstić information content (AvgIpc) is 3.48. The first-order valence-electron chi connectivity index (χ1n) is 13.4. The first-order valence-corrected chi connectivity index (χ1v) is 13.4. The number of benzene rings is 2. The first-order chi connectivity index (χ1) is 20.3. The van der Waals surface area contributed by atoms with Crippen LogP contribution in [0.5, 0.6) is 5.75 Å². The molecule has 1 unspecified atom stereocenters. The zero-order valence-corrected chi connectivity index (χ0v) is 23.3. The largest absolute Gasteiger partial charge is 0.494 e. The van der Waals surface area contributed by atoms with E-state index in [1.807, 2.05) is 0 Å². The summed E-state index contributed by atoms with van der Waals surface area (Å²) < 4.78 is 34.2. The fourth-order valence-electron chi connectivity index (χ4n) is 5.06. The van der Waals surface area contributed by atoms with Crippen molar-refractivity contribution in [1.29, 1.82) is 0 Å². The molecule has 2 aliphatic rings. The lowest BCUT2D eigenvalue weighted by molar-refractivity contribution is -0.129. The summed E-state index contributed by atoms with van der Waals surface area (Å²) in [6.45, 7) is 7.65. The number of carbonyl (C=O) groups excluding carboxylic acids is 2. The van der Waals surface area contributed by atoms with E-state index in [2.05, 4.69) is 32.1 Å². The Balaban J connectivity index is 1.43. The molecule has 0 spiro atoms. The molecule has 5 rings (SSSR count). The zero-order valence-electron chi connectivity index (χ0n) is 23.3. The third-order valence-electron chi connectivity index (χ3n) is 7.19. The molecule has 0 aliphatic carbocycles. The van der Waals surface area contributed by atoms with Gasteiger partial charge in [0.1, 0.15) is 29.5 Å². The molecule has 2 fully saturated rings. The molecular weight excluding hydrogens is 548 g/mol. The summed E-state index contributed by atoms with van der Waals surface area (Å²) in [4.78, 5) is 42.3. The second-order valence-corrected chi connectivity index (χ2v) is 9.77. The molecule has 2 aliphatic heterocycles. The van der Waals surface area contributed by atoms with Crippen molar-refractivity contribution in [3.63, 3.8) is 0 Å². The van der Waals surface area contributed by atoms with Crippen LogP contribution in [-0.4, -0.2) is 66.6 Å². The Morgan fingerprint density at radius 3 is 2.60 bits per heavy atom. The van der Waals surface area contributed by atoms with Crippen LogP contribution in [0.15, 0.2) is 55.4 Å². The van der Waals surface area contributed by atoms with Crippen molar-refractivity contribution in [2.45, 2.75) is 19.4 Å². The van der Waals surface area contributed by atoms with Gasteiger partial charge >= 0.3 is 0 Å². The smallest absolute Gasteiger partial charge is 0.247 e. The molecule has 11 nitrogen and oxygen atoms in total. The number of methoxy groups -OCH3 is 1. The third kappa shape index (κ3) is 6.10. The van der Waals surface area contributed by atoms with Crippen LogP contribution in [-0.2, 0) is 14.4 Å². The van der Waals surface area contributed by atoms with Gasteiger partial charge in [-0.25, -0.2) is 23.8 Å². The van der Waals surface area contributed by atoms with Gasteiger partial charge in [0, 0.05) is 57.2 Å². The monoisotopic (exact) mass is 579 g/mol. The number of amides is 2. The van der Waals surface area contributed by atoms with Crippen molar-refractivity contribution in [3.8, 4) is 5.75 Å². The quantitative estimate of drug-likeness (QED) is 0.380.